The van der Waals surface area contributed by atoms with Crippen molar-refractivity contribution in [2.24, 2.45) is 0 Å². The molecular weight excluding hydrogens is 344 g/mol. The highest BCUT2D eigenvalue weighted by molar-refractivity contribution is 5.85. The average molecular weight is 383 g/mol. The average Bonchev–Trinajstić information content (AvgIpc) is 2.98. The molecule has 1 heterocycles. The van der Waals surface area contributed by atoms with Crippen LogP contribution in [0.3, 0.4) is 0 Å². The Morgan fingerprint density at radius 2 is 1.50 bits per heavy atom. The zero-order chi connectivity index (χ0) is 19.5. The van der Waals surface area contributed by atoms with E-state index in [9.17, 15) is 5.11 Å². The second kappa shape index (κ2) is 9.00. The molecule has 0 aliphatic heterocycles. The third-order valence-electron chi connectivity index (χ3n) is 7.45. The SMILES string of the molecule is Cc1c(C)n(CC(O)CN(C2CCCCC2)C2CCCCC2)c2ccccc12. The van der Waals surface area contributed by atoms with Gasteiger partial charge in [-0.2, -0.15) is 0 Å². The summed E-state index contributed by atoms with van der Waals surface area (Å²) < 4.78 is 2.34. The first-order valence-corrected chi connectivity index (χ1v) is 11.6. The van der Waals surface area contributed by atoms with Crippen molar-refractivity contribution in [3.05, 3.63) is 35.5 Å². The Balaban J connectivity index is 1.51. The fourth-order valence-electron chi connectivity index (χ4n) is 5.77. The van der Waals surface area contributed by atoms with E-state index >= 15 is 0 Å². The summed E-state index contributed by atoms with van der Waals surface area (Å²) in [6.07, 6.45) is 13.3. The maximum atomic E-state index is 11.2. The summed E-state index contributed by atoms with van der Waals surface area (Å²) in [6.45, 7) is 5.94. The monoisotopic (exact) mass is 382 g/mol. The van der Waals surface area contributed by atoms with Gasteiger partial charge < -0.3 is 9.67 Å². The quantitative estimate of drug-likeness (QED) is 0.706. The molecule has 2 fully saturated rings. The van der Waals surface area contributed by atoms with Crippen molar-refractivity contribution < 1.29 is 5.11 Å². The molecule has 0 amide bonds. The van der Waals surface area contributed by atoms with Crippen LogP contribution in [0.5, 0.6) is 0 Å². The lowest BCUT2D eigenvalue weighted by Gasteiger charge is -2.42. The van der Waals surface area contributed by atoms with E-state index in [1.165, 1.54) is 86.4 Å². The molecule has 3 heteroatoms. The van der Waals surface area contributed by atoms with Crippen LogP contribution >= 0.6 is 0 Å². The second-order valence-electron chi connectivity index (χ2n) is 9.27. The number of rotatable bonds is 6. The Kier molecular flexibility index (Phi) is 6.42. The number of fused-ring (bicyclic) bond motifs is 1. The number of hydrogen-bond acceptors (Lipinski definition) is 2. The fourth-order valence-corrected chi connectivity index (χ4v) is 5.77. The van der Waals surface area contributed by atoms with Gasteiger partial charge in [0.05, 0.1) is 12.6 Å². The number of aliphatic hydroxyl groups is 1. The summed E-state index contributed by atoms with van der Waals surface area (Å²) in [5.74, 6) is 0. The van der Waals surface area contributed by atoms with Crippen LogP contribution in [-0.2, 0) is 6.54 Å². The Bertz CT molecular complexity index is 750. The van der Waals surface area contributed by atoms with Gasteiger partial charge in [-0.3, -0.25) is 4.90 Å². The van der Waals surface area contributed by atoms with Gasteiger partial charge in [0.15, 0.2) is 0 Å². The van der Waals surface area contributed by atoms with Gasteiger partial charge in [-0.15, -0.1) is 0 Å². The number of aromatic nitrogens is 1. The standard InChI is InChI=1S/C25H38N2O/c1-19-20(2)26(25-16-10-9-15-24(19)25)17-23(28)18-27(21-11-5-3-6-12-21)22-13-7-4-8-14-22/h9-10,15-16,21-23,28H,3-8,11-14,17-18H2,1-2H3. The topological polar surface area (TPSA) is 28.4 Å². The van der Waals surface area contributed by atoms with Crippen molar-refractivity contribution in [2.45, 2.75) is 103 Å². The predicted molar refractivity (Wildman–Crippen MR) is 118 cm³/mol. The Morgan fingerprint density at radius 1 is 0.929 bits per heavy atom. The molecule has 0 spiro atoms. The van der Waals surface area contributed by atoms with E-state index in [0.717, 1.165) is 6.54 Å². The molecule has 1 aromatic carbocycles. The lowest BCUT2D eigenvalue weighted by molar-refractivity contribution is 0.0236. The summed E-state index contributed by atoms with van der Waals surface area (Å²) in [7, 11) is 0. The van der Waals surface area contributed by atoms with E-state index in [1.54, 1.807) is 0 Å². The fraction of sp³-hybridized carbons (Fsp3) is 0.680. The van der Waals surface area contributed by atoms with Crippen molar-refractivity contribution in [3.63, 3.8) is 0 Å². The second-order valence-corrected chi connectivity index (χ2v) is 9.27. The minimum absolute atomic E-state index is 0.308. The Hall–Kier alpha value is -1.32. The maximum absolute atomic E-state index is 11.2. The van der Waals surface area contributed by atoms with Gasteiger partial charge >= 0.3 is 0 Å². The molecule has 0 radical (unpaired) electrons. The van der Waals surface area contributed by atoms with E-state index in [2.05, 4.69) is 47.6 Å². The van der Waals surface area contributed by atoms with Gasteiger partial charge in [-0.25, -0.2) is 0 Å². The molecule has 2 aromatic rings. The molecule has 2 aliphatic rings. The lowest BCUT2D eigenvalue weighted by atomic mass is 9.88. The van der Waals surface area contributed by atoms with E-state index in [0.29, 0.717) is 18.6 Å². The Labute approximate surface area is 170 Å². The van der Waals surface area contributed by atoms with Crippen LogP contribution in [0.15, 0.2) is 24.3 Å². The summed E-state index contributed by atoms with van der Waals surface area (Å²) in [5, 5.41) is 12.5. The van der Waals surface area contributed by atoms with Crippen molar-refractivity contribution in [1.29, 1.82) is 0 Å². The van der Waals surface area contributed by atoms with E-state index in [-0.39, 0.29) is 6.10 Å². The number of para-hydroxylation sites is 1. The number of hydrogen-bond donors (Lipinski definition) is 1. The first kappa shape index (κ1) is 20.0. The summed E-state index contributed by atoms with van der Waals surface area (Å²) >= 11 is 0. The normalized spacial score (nSPS) is 20.9. The lowest BCUT2D eigenvalue weighted by Crippen LogP contribution is -2.49. The van der Waals surface area contributed by atoms with Crippen LogP contribution < -0.4 is 0 Å². The molecule has 1 unspecified atom stereocenters. The van der Waals surface area contributed by atoms with Crippen molar-refractivity contribution in [2.75, 3.05) is 6.54 Å². The van der Waals surface area contributed by atoms with Crippen LogP contribution in [0.4, 0.5) is 0 Å². The largest absolute Gasteiger partial charge is 0.390 e. The van der Waals surface area contributed by atoms with Crippen molar-refractivity contribution in [3.8, 4) is 0 Å². The number of nitrogens with zero attached hydrogens (tertiary/aromatic N) is 2. The minimum Gasteiger partial charge on any atom is -0.390 e. The highest BCUT2D eigenvalue weighted by Crippen LogP contribution is 2.31. The van der Waals surface area contributed by atoms with E-state index < -0.39 is 0 Å². The third-order valence-corrected chi connectivity index (χ3v) is 7.45. The van der Waals surface area contributed by atoms with Gasteiger partial charge in [-0.05, 0) is 51.2 Å². The third kappa shape index (κ3) is 4.16. The van der Waals surface area contributed by atoms with Crippen LogP contribution in [-0.4, -0.2) is 39.3 Å². The summed E-state index contributed by atoms with van der Waals surface area (Å²) in [6, 6.07) is 10.0. The maximum Gasteiger partial charge on any atom is 0.0846 e. The van der Waals surface area contributed by atoms with Gasteiger partial charge in [0.2, 0.25) is 0 Å². The first-order chi connectivity index (χ1) is 13.6. The van der Waals surface area contributed by atoms with Crippen LogP contribution in [0.25, 0.3) is 10.9 Å². The zero-order valence-electron chi connectivity index (χ0n) is 17.9. The van der Waals surface area contributed by atoms with Gasteiger partial charge in [0.1, 0.15) is 0 Å². The smallest absolute Gasteiger partial charge is 0.0846 e. The molecule has 1 N–H and O–H groups in total. The van der Waals surface area contributed by atoms with Gasteiger partial charge in [-0.1, -0.05) is 56.7 Å². The van der Waals surface area contributed by atoms with Crippen LogP contribution in [0.1, 0.15) is 75.5 Å². The van der Waals surface area contributed by atoms with Crippen LogP contribution in [0.2, 0.25) is 0 Å². The number of benzene rings is 1. The van der Waals surface area contributed by atoms with Crippen molar-refractivity contribution >= 4 is 10.9 Å². The van der Waals surface area contributed by atoms with E-state index in [4.69, 9.17) is 0 Å². The summed E-state index contributed by atoms with van der Waals surface area (Å²) in [4.78, 5) is 2.73. The number of aryl methyl sites for hydroxylation is 1. The molecule has 2 saturated carbocycles. The molecule has 154 valence electrons. The summed E-state index contributed by atoms with van der Waals surface area (Å²) in [5.41, 5.74) is 3.90. The van der Waals surface area contributed by atoms with Crippen molar-refractivity contribution in [1.82, 2.24) is 9.47 Å². The van der Waals surface area contributed by atoms with Crippen LogP contribution in [0, 0.1) is 13.8 Å². The molecule has 1 atom stereocenters. The molecule has 2 aliphatic carbocycles. The number of aliphatic hydroxyl groups excluding tert-OH is 1. The van der Waals surface area contributed by atoms with E-state index in [1.807, 2.05) is 0 Å². The highest BCUT2D eigenvalue weighted by atomic mass is 16.3. The molecule has 3 nitrogen and oxygen atoms in total. The molecule has 0 saturated heterocycles. The zero-order valence-corrected chi connectivity index (χ0v) is 17.9. The molecular formula is C25H38N2O. The predicted octanol–water partition coefficient (Wildman–Crippen LogP) is 5.59. The molecule has 4 rings (SSSR count). The van der Waals surface area contributed by atoms with Gasteiger partial charge in [0.25, 0.3) is 0 Å². The molecule has 0 bridgehead atoms. The first-order valence-electron chi connectivity index (χ1n) is 11.6. The molecule has 28 heavy (non-hydrogen) atoms. The highest BCUT2D eigenvalue weighted by Gasteiger charge is 2.30. The molecule has 1 aromatic heterocycles. The van der Waals surface area contributed by atoms with Gasteiger partial charge in [0, 0.05) is 35.2 Å². The Morgan fingerprint density at radius 3 is 2.11 bits per heavy atom. The minimum atomic E-state index is -0.308.